The molecule has 4 aromatic rings. The Morgan fingerprint density at radius 2 is 1.35 bits per heavy atom. The van der Waals surface area contributed by atoms with Gasteiger partial charge in [-0.25, -0.2) is 0 Å². The van der Waals surface area contributed by atoms with E-state index in [2.05, 4.69) is 0 Å². The van der Waals surface area contributed by atoms with E-state index in [-0.39, 0.29) is 36.1 Å². The molecule has 10 heteroatoms. The van der Waals surface area contributed by atoms with E-state index in [0.29, 0.717) is 27.7 Å². The fourth-order valence-electron chi connectivity index (χ4n) is 2.79. The van der Waals surface area contributed by atoms with Crippen LogP contribution >= 0.6 is 22.7 Å². The van der Waals surface area contributed by atoms with Crippen molar-refractivity contribution in [2.24, 2.45) is 0 Å². The van der Waals surface area contributed by atoms with Crippen molar-refractivity contribution in [2.45, 2.75) is 19.8 Å². The molecule has 0 aliphatic carbocycles. The standard InChI is InChI=1S/C13H12O4S.C11H8O4S/c1-2-16-12(14)7-9-6-11(18-8-9)13(15)10-4-3-5-17-10;12-10(13)5-7-4-9(16-6-7)11(14)8-2-1-3-15-8/h3-6,8H,2,7H2,1H3;1-4,6H,5H2,(H,12,13). The molecule has 4 aromatic heterocycles. The molecule has 0 amide bonds. The van der Waals surface area contributed by atoms with E-state index in [9.17, 15) is 19.2 Å². The first-order chi connectivity index (χ1) is 16.4. The number of hydrogen-bond donors (Lipinski definition) is 1. The lowest BCUT2D eigenvalue weighted by atomic mass is 10.2. The molecule has 0 saturated heterocycles. The zero-order valence-corrected chi connectivity index (χ0v) is 19.6. The van der Waals surface area contributed by atoms with Gasteiger partial charge in [-0.15, -0.1) is 22.7 Å². The zero-order chi connectivity index (χ0) is 24.5. The van der Waals surface area contributed by atoms with Crippen LogP contribution in [0.1, 0.15) is 48.9 Å². The second-order valence-corrected chi connectivity index (χ2v) is 8.63. The highest BCUT2D eigenvalue weighted by Gasteiger charge is 2.16. The summed E-state index contributed by atoms with van der Waals surface area (Å²) in [5.41, 5.74) is 1.42. The highest BCUT2D eigenvalue weighted by Crippen LogP contribution is 2.20. The van der Waals surface area contributed by atoms with Gasteiger partial charge in [0.2, 0.25) is 11.6 Å². The number of hydrogen-bond acceptors (Lipinski definition) is 9. The maximum atomic E-state index is 11.9. The summed E-state index contributed by atoms with van der Waals surface area (Å²) in [7, 11) is 0. The number of rotatable bonds is 9. The number of furan rings is 2. The topological polar surface area (TPSA) is 124 Å². The predicted molar refractivity (Wildman–Crippen MR) is 125 cm³/mol. The summed E-state index contributed by atoms with van der Waals surface area (Å²) in [5.74, 6) is -1.00. The van der Waals surface area contributed by atoms with Crippen LogP contribution in [0.5, 0.6) is 0 Å². The third kappa shape index (κ3) is 6.87. The number of esters is 1. The van der Waals surface area contributed by atoms with Crippen molar-refractivity contribution in [1.29, 1.82) is 0 Å². The van der Waals surface area contributed by atoms with Gasteiger partial charge in [-0.2, -0.15) is 0 Å². The fraction of sp³-hybridized carbons (Fsp3) is 0.167. The first kappa shape index (κ1) is 24.9. The van der Waals surface area contributed by atoms with Gasteiger partial charge >= 0.3 is 11.9 Å². The minimum atomic E-state index is -0.908. The van der Waals surface area contributed by atoms with Crippen molar-refractivity contribution in [3.8, 4) is 0 Å². The molecule has 8 nitrogen and oxygen atoms in total. The third-order valence-electron chi connectivity index (χ3n) is 4.25. The zero-order valence-electron chi connectivity index (χ0n) is 18.0. The van der Waals surface area contributed by atoms with E-state index in [1.165, 1.54) is 35.2 Å². The summed E-state index contributed by atoms with van der Waals surface area (Å²) < 4.78 is 14.9. The van der Waals surface area contributed by atoms with Crippen LogP contribution in [0.25, 0.3) is 0 Å². The van der Waals surface area contributed by atoms with Gasteiger partial charge in [-0.3, -0.25) is 19.2 Å². The molecule has 0 aromatic carbocycles. The SMILES string of the molecule is CCOC(=O)Cc1csc(C(=O)c2ccco2)c1.O=C(O)Cc1csc(C(=O)c2ccco2)c1. The smallest absolute Gasteiger partial charge is 0.310 e. The maximum absolute atomic E-state index is 11.9. The quantitative estimate of drug-likeness (QED) is 0.255. The number of thiophene rings is 2. The molecule has 1 N–H and O–H groups in total. The van der Waals surface area contributed by atoms with Crippen molar-refractivity contribution in [1.82, 2.24) is 0 Å². The van der Waals surface area contributed by atoms with Gasteiger partial charge in [0.1, 0.15) is 0 Å². The summed E-state index contributed by atoms with van der Waals surface area (Å²) in [4.78, 5) is 46.5. The number of ether oxygens (including phenoxy) is 1. The Labute approximate surface area is 202 Å². The lowest BCUT2D eigenvalue weighted by Gasteiger charge is -1.98. The average Bonchev–Trinajstić information content (AvgIpc) is 3.61. The number of carboxylic acids is 1. The van der Waals surface area contributed by atoms with E-state index in [1.807, 2.05) is 0 Å². The Hall–Kier alpha value is -3.76. The summed E-state index contributed by atoms with van der Waals surface area (Å²) in [6.45, 7) is 2.12. The fourth-order valence-corrected chi connectivity index (χ4v) is 4.50. The van der Waals surface area contributed by atoms with E-state index in [0.717, 1.165) is 5.56 Å². The van der Waals surface area contributed by atoms with Crippen LogP contribution in [-0.2, 0) is 27.2 Å². The second-order valence-electron chi connectivity index (χ2n) is 6.80. The van der Waals surface area contributed by atoms with Crippen molar-refractivity contribution in [3.63, 3.8) is 0 Å². The molecular formula is C24H20O8S2. The molecule has 0 aliphatic heterocycles. The first-order valence-electron chi connectivity index (χ1n) is 10.1. The van der Waals surface area contributed by atoms with Gasteiger partial charge in [0.15, 0.2) is 11.5 Å². The molecule has 176 valence electrons. The highest BCUT2D eigenvalue weighted by molar-refractivity contribution is 7.12. The number of carbonyl (C=O) groups excluding carboxylic acids is 3. The molecule has 0 radical (unpaired) electrons. The van der Waals surface area contributed by atoms with Gasteiger partial charge < -0.3 is 18.7 Å². The van der Waals surface area contributed by atoms with E-state index in [4.69, 9.17) is 18.7 Å². The number of aliphatic carboxylic acids is 1. The van der Waals surface area contributed by atoms with Crippen LogP contribution in [-0.4, -0.2) is 35.2 Å². The minimum Gasteiger partial charge on any atom is -0.481 e. The van der Waals surface area contributed by atoms with Gasteiger partial charge in [0, 0.05) is 0 Å². The summed E-state index contributed by atoms with van der Waals surface area (Å²) >= 11 is 2.52. The normalized spacial score (nSPS) is 10.3. The molecule has 0 spiro atoms. The summed E-state index contributed by atoms with van der Waals surface area (Å²) in [6, 6.07) is 9.79. The summed E-state index contributed by atoms with van der Waals surface area (Å²) in [5, 5.41) is 12.1. The Kier molecular flexibility index (Phi) is 8.72. The molecule has 0 aliphatic rings. The average molecular weight is 501 g/mol. The molecule has 0 fully saturated rings. The molecule has 0 saturated carbocycles. The predicted octanol–water partition coefficient (Wildman–Crippen LogP) is 4.88. The lowest BCUT2D eigenvalue weighted by molar-refractivity contribution is -0.142. The monoisotopic (exact) mass is 500 g/mol. The van der Waals surface area contributed by atoms with Gasteiger partial charge in [-0.1, -0.05) is 0 Å². The Bertz CT molecular complexity index is 1250. The van der Waals surface area contributed by atoms with E-state index in [1.54, 1.807) is 54.1 Å². The number of carbonyl (C=O) groups is 4. The Balaban J connectivity index is 0.000000192. The minimum absolute atomic E-state index is 0.0675. The maximum Gasteiger partial charge on any atom is 0.310 e. The molecule has 0 bridgehead atoms. The Morgan fingerprint density at radius 3 is 1.76 bits per heavy atom. The van der Waals surface area contributed by atoms with Crippen LogP contribution in [0.3, 0.4) is 0 Å². The van der Waals surface area contributed by atoms with Crippen LogP contribution in [0.4, 0.5) is 0 Å². The molecular weight excluding hydrogens is 480 g/mol. The molecule has 0 atom stereocenters. The van der Waals surface area contributed by atoms with E-state index >= 15 is 0 Å². The molecule has 34 heavy (non-hydrogen) atoms. The largest absolute Gasteiger partial charge is 0.481 e. The van der Waals surface area contributed by atoms with Crippen molar-refractivity contribution in [2.75, 3.05) is 6.61 Å². The third-order valence-corrected chi connectivity index (χ3v) is 6.21. The van der Waals surface area contributed by atoms with Gasteiger partial charge in [0.05, 0.1) is 41.7 Å². The first-order valence-corrected chi connectivity index (χ1v) is 11.8. The molecule has 4 rings (SSSR count). The van der Waals surface area contributed by atoms with Crippen LogP contribution in [0.15, 0.2) is 68.5 Å². The molecule has 0 unspecified atom stereocenters. The second kappa shape index (κ2) is 11.9. The van der Waals surface area contributed by atoms with Crippen LogP contribution in [0.2, 0.25) is 0 Å². The highest BCUT2D eigenvalue weighted by atomic mass is 32.1. The number of ketones is 2. The Morgan fingerprint density at radius 1 is 0.853 bits per heavy atom. The molecule has 4 heterocycles. The van der Waals surface area contributed by atoms with Crippen LogP contribution < -0.4 is 0 Å². The lowest BCUT2D eigenvalue weighted by Crippen LogP contribution is -2.06. The van der Waals surface area contributed by atoms with Crippen molar-refractivity contribution >= 4 is 46.2 Å². The van der Waals surface area contributed by atoms with Crippen LogP contribution in [0, 0.1) is 0 Å². The summed E-state index contributed by atoms with van der Waals surface area (Å²) in [6.07, 6.45) is 3.01. The number of carboxylic acid groups (broad SMARTS) is 1. The van der Waals surface area contributed by atoms with E-state index < -0.39 is 5.97 Å². The van der Waals surface area contributed by atoms with Gasteiger partial charge in [-0.05, 0) is 65.2 Å². The van der Waals surface area contributed by atoms with Gasteiger partial charge in [0.25, 0.3) is 0 Å². The van der Waals surface area contributed by atoms with Crippen molar-refractivity contribution < 1.29 is 37.9 Å². The van der Waals surface area contributed by atoms with Crippen molar-refractivity contribution in [3.05, 3.63) is 92.1 Å².